The molecule has 1 aromatic heterocycles. The largest absolute Gasteiger partial charge is 0.481 e. The molecular weight excluding hydrogens is 357 g/mol. The van der Waals surface area contributed by atoms with E-state index in [0.29, 0.717) is 12.2 Å². The van der Waals surface area contributed by atoms with Crippen molar-refractivity contribution < 1.29 is 22.3 Å². The molecule has 24 heavy (non-hydrogen) atoms. The predicted molar refractivity (Wildman–Crippen MR) is 87.4 cm³/mol. The first-order valence-corrected chi connectivity index (χ1v) is 9.62. The third-order valence-corrected chi connectivity index (χ3v) is 6.06. The van der Waals surface area contributed by atoms with Crippen LogP contribution in [-0.4, -0.2) is 36.4 Å². The van der Waals surface area contributed by atoms with Crippen LogP contribution in [0.2, 0.25) is 0 Å². The van der Waals surface area contributed by atoms with Gasteiger partial charge in [-0.15, -0.1) is 10.2 Å². The molecule has 0 spiro atoms. The molecule has 1 atom stereocenters. The molecule has 2 aromatic rings. The molecule has 7 nitrogen and oxygen atoms in total. The summed E-state index contributed by atoms with van der Waals surface area (Å²) in [7, 11) is -3.46. The Morgan fingerprint density at radius 1 is 1.29 bits per heavy atom. The van der Waals surface area contributed by atoms with Gasteiger partial charge in [0.15, 0.2) is 6.10 Å². The van der Waals surface area contributed by atoms with Crippen molar-refractivity contribution in [3.8, 4) is 5.75 Å². The zero-order valence-electron chi connectivity index (χ0n) is 13.0. The lowest BCUT2D eigenvalue weighted by Crippen LogP contribution is -2.32. The third kappa shape index (κ3) is 4.48. The Labute approximate surface area is 142 Å². The Kier molecular flexibility index (Phi) is 5.84. The molecule has 0 radical (unpaired) electrons. The smallest absolute Gasteiger partial charge is 0.267 e. The fourth-order valence-corrected chi connectivity index (χ4v) is 3.69. The summed E-state index contributed by atoms with van der Waals surface area (Å²) in [6.07, 6.45) is -0.465. The van der Waals surface area contributed by atoms with E-state index in [2.05, 4.69) is 15.5 Å². The quantitative estimate of drug-likeness (QED) is 0.748. The number of halogens is 1. The van der Waals surface area contributed by atoms with E-state index in [0.717, 1.165) is 11.3 Å². The number of amides is 1. The molecular formula is C14H16FN3O4S2. The van der Waals surface area contributed by atoms with Crippen molar-refractivity contribution in [1.82, 2.24) is 10.2 Å². The number of ether oxygens (including phenoxy) is 1. The van der Waals surface area contributed by atoms with Crippen molar-refractivity contribution in [2.24, 2.45) is 0 Å². The SMILES string of the molecule is CC[C@@H](Oc1ccc(F)cc1)C(=O)Nc1nnc(S(=O)(=O)CC)s1. The zero-order chi connectivity index (χ0) is 17.7. The summed E-state index contributed by atoms with van der Waals surface area (Å²) in [6, 6.07) is 5.30. The maximum absolute atomic E-state index is 12.9. The van der Waals surface area contributed by atoms with E-state index in [4.69, 9.17) is 4.74 Å². The molecule has 0 aliphatic carbocycles. The van der Waals surface area contributed by atoms with E-state index in [1.165, 1.54) is 31.2 Å². The molecule has 2 rings (SSSR count). The normalized spacial score (nSPS) is 12.6. The summed E-state index contributed by atoms with van der Waals surface area (Å²) in [5, 5.41) is 9.79. The molecule has 1 heterocycles. The van der Waals surface area contributed by atoms with Crippen LogP contribution in [0.3, 0.4) is 0 Å². The number of sulfone groups is 1. The van der Waals surface area contributed by atoms with Gasteiger partial charge in [-0.05, 0) is 30.7 Å². The van der Waals surface area contributed by atoms with Crippen LogP contribution in [-0.2, 0) is 14.6 Å². The Balaban J connectivity index is 2.05. The minimum atomic E-state index is -3.46. The molecule has 1 N–H and O–H groups in total. The Hall–Kier alpha value is -2.07. The number of rotatable bonds is 7. The summed E-state index contributed by atoms with van der Waals surface area (Å²) in [5.74, 6) is -0.636. The Bertz CT molecular complexity index is 806. The van der Waals surface area contributed by atoms with E-state index in [9.17, 15) is 17.6 Å². The van der Waals surface area contributed by atoms with E-state index >= 15 is 0 Å². The van der Waals surface area contributed by atoms with Gasteiger partial charge in [0.2, 0.25) is 19.3 Å². The highest BCUT2D eigenvalue weighted by Crippen LogP contribution is 2.22. The number of carbonyl (C=O) groups is 1. The fraction of sp³-hybridized carbons (Fsp3) is 0.357. The van der Waals surface area contributed by atoms with Crippen LogP contribution in [0.4, 0.5) is 9.52 Å². The lowest BCUT2D eigenvalue weighted by atomic mass is 10.2. The average Bonchev–Trinajstić information content (AvgIpc) is 3.03. The van der Waals surface area contributed by atoms with Crippen LogP contribution in [0, 0.1) is 5.82 Å². The number of nitrogens with one attached hydrogen (secondary N) is 1. The van der Waals surface area contributed by atoms with E-state index in [1.54, 1.807) is 6.92 Å². The summed E-state index contributed by atoms with van der Waals surface area (Å²) in [4.78, 5) is 12.2. The van der Waals surface area contributed by atoms with Gasteiger partial charge in [0, 0.05) is 0 Å². The molecule has 1 aromatic carbocycles. The second kappa shape index (κ2) is 7.67. The highest BCUT2D eigenvalue weighted by atomic mass is 32.2. The summed E-state index contributed by atoms with van der Waals surface area (Å²) < 4.78 is 41.6. The van der Waals surface area contributed by atoms with Gasteiger partial charge < -0.3 is 4.74 Å². The lowest BCUT2D eigenvalue weighted by Gasteiger charge is -2.16. The number of carbonyl (C=O) groups excluding carboxylic acids is 1. The maximum atomic E-state index is 12.9. The van der Waals surface area contributed by atoms with Gasteiger partial charge in [0.25, 0.3) is 5.91 Å². The van der Waals surface area contributed by atoms with Crippen molar-refractivity contribution in [2.45, 2.75) is 30.7 Å². The molecule has 0 unspecified atom stereocenters. The molecule has 1 amide bonds. The van der Waals surface area contributed by atoms with E-state index < -0.39 is 27.7 Å². The van der Waals surface area contributed by atoms with Gasteiger partial charge in [-0.3, -0.25) is 10.1 Å². The number of anilines is 1. The second-order valence-electron chi connectivity index (χ2n) is 4.73. The number of aromatic nitrogens is 2. The van der Waals surface area contributed by atoms with Crippen LogP contribution in [0.15, 0.2) is 28.6 Å². The molecule has 0 fully saturated rings. The van der Waals surface area contributed by atoms with E-state index in [1.807, 2.05) is 0 Å². The van der Waals surface area contributed by atoms with Crippen LogP contribution >= 0.6 is 11.3 Å². The number of nitrogens with zero attached hydrogens (tertiary/aromatic N) is 2. The Morgan fingerprint density at radius 2 is 1.96 bits per heavy atom. The molecule has 0 saturated heterocycles. The highest BCUT2D eigenvalue weighted by Gasteiger charge is 2.22. The van der Waals surface area contributed by atoms with Crippen molar-refractivity contribution in [3.05, 3.63) is 30.1 Å². The molecule has 0 aliphatic rings. The first-order valence-electron chi connectivity index (χ1n) is 7.15. The summed E-state index contributed by atoms with van der Waals surface area (Å²) >= 11 is 0.782. The maximum Gasteiger partial charge on any atom is 0.267 e. The first kappa shape index (κ1) is 18.3. The van der Waals surface area contributed by atoms with Crippen molar-refractivity contribution in [3.63, 3.8) is 0 Å². The lowest BCUT2D eigenvalue weighted by molar-refractivity contribution is -0.122. The molecule has 0 saturated carbocycles. The van der Waals surface area contributed by atoms with E-state index in [-0.39, 0.29) is 15.2 Å². The standard InChI is InChI=1S/C14H16FN3O4S2/c1-3-11(22-10-7-5-9(15)6-8-10)12(19)16-13-17-18-14(23-13)24(20,21)4-2/h5-8,11H,3-4H2,1-2H3,(H,16,17,19)/t11-/m1/s1. The van der Waals surface area contributed by atoms with Crippen molar-refractivity contribution in [2.75, 3.05) is 11.1 Å². The summed E-state index contributed by atoms with van der Waals surface area (Å²) in [5.41, 5.74) is 0. The van der Waals surface area contributed by atoms with Crippen LogP contribution in [0.25, 0.3) is 0 Å². The zero-order valence-corrected chi connectivity index (χ0v) is 14.7. The number of benzene rings is 1. The molecule has 10 heteroatoms. The molecule has 0 aliphatic heterocycles. The fourth-order valence-electron chi connectivity index (χ4n) is 1.70. The average molecular weight is 373 g/mol. The third-order valence-electron chi connectivity index (χ3n) is 3.04. The van der Waals surface area contributed by atoms with Gasteiger partial charge in [0.1, 0.15) is 11.6 Å². The van der Waals surface area contributed by atoms with Crippen LogP contribution in [0.5, 0.6) is 5.75 Å². The van der Waals surface area contributed by atoms with Crippen molar-refractivity contribution in [1.29, 1.82) is 0 Å². The number of hydrogen-bond donors (Lipinski definition) is 1. The first-order chi connectivity index (χ1) is 11.4. The minimum absolute atomic E-state index is 0.0770. The van der Waals surface area contributed by atoms with Crippen LogP contribution < -0.4 is 10.1 Å². The predicted octanol–water partition coefficient (Wildman–Crippen LogP) is 2.27. The van der Waals surface area contributed by atoms with Gasteiger partial charge in [0.05, 0.1) is 5.75 Å². The summed E-state index contributed by atoms with van der Waals surface area (Å²) in [6.45, 7) is 3.25. The van der Waals surface area contributed by atoms with Crippen LogP contribution in [0.1, 0.15) is 20.3 Å². The highest BCUT2D eigenvalue weighted by molar-refractivity contribution is 7.93. The molecule has 0 bridgehead atoms. The topological polar surface area (TPSA) is 98.2 Å². The number of hydrogen-bond acceptors (Lipinski definition) is 7. The minimum Gasteiger partial charge on any atom is -0.481 e. The molecule has 130 valence electrons. The van der Waals surface area contributed by atoms with Gasteiger partial charge in [-0.1, -0.05) is 25.2 Å². The second-order valence-corrected chi connectivity index (χ2v) is 8.16. The van der Waals surface area contributed by atoms with Crippen molar-refractivity contribution >= 4 is 32.2 Å². The van der Waals surface area contributed by atoms with Gasteiger partial charge in [-0.25, -0.2) is 12.8 Å². The van der Waals surface area contributed by atoms with Gasteiger partial charge >= 0.3 is 0 Å². The monoisotopic (exact) mass is 373 g/mol. The Morgan fingerprint density at radius 3 is 2.54 bits per heavy atom. The van der Waals surface area contributed by atoms with Gasteiger partial charge in [-0.2, -0.15) is 0 Å².